The lowest BCUT2D eigenvalue weighted by atomic mass is 10.0. The molecule has 8 heteroatoms. The molecule has 27 heavy (non-hydrogen) atoms. The molecule has 2 aromatic rings. The number of hydrogen-bond donors (Lipinski definition) is 0. The second-order valence-electron chi connectivity index (χ2n) is 6.85. The number of nitrogens with zero attached hydrogens (tertiary/aromatic N) is 4. The molecule has 1 atom stereocenters. The molecule has 0 bridgehead atoms. The Bertz CT molecular complexity index is 887. The number of carbonyl (C=O) groups excluding carboxylic acids is 2. The van der Waals surface area contributed by atoms with E-state index in [2.05, 4.69) is 5.10 Å². The van der Waals surface area contributed by atoms with Gasteiger partial charge in [-0.05, 0) is 25.1 Å². The minimum absolute atomic E-state index is 0.0454. The number of likely N-dealkylation sites (tertiary alicyclic amines) is 1. The van der Waals surface area contributed by atoms with Gasteiger partial charge in [0, 0.05) is 44.4 Å². The van der Waals surface area contributed by atoms with Gasteiger partial charge in [0.1, 0.15) is 16.3 Å². The van der Waals surface area contributed by atoms with E-state index in [1.807, 2.05) is 37.3 Å². The zero-order valence-corrected chi connectivity index (χ0v) is 16.0. The predicted octanol–water partition coefficient (Wildman–Crippen LogP) is 1.63. The Morgan fingerprint density at radius 3 is 2.52 bits per heavy atom. The van der Waals surface area contributed by atoms with Crippen molar-refractivity contribution in [3.63, 3.8) is 0 Å². The SMILES string of the molecule is CCn1ccc(C(=O)N2CCC3(CC2)N(c2ccccc2)C(=O)CS3=O)n1. The van der Waals surface area contributed by atoms with E-state index in [1.165, 1.54) is 0 Å². The predicted molar refractivity (Wildman–Crippen MR) is 103 cm³/mol. The molecular weight excluding hydrogens is 364 g/mol. The van der Waals surface area contributed by atoms with Crippen LogP contribution in [0.5, 0.6) is 0 Å². The van der Waals surface area contributed by atoms with Gasteiger partial charge in [0.15, 0.2) is 0 Å². The van der Waals surface area contributed by atoms with Gasteiger partial charge in [0.25, 0.3) is 5.91 Å². The van der Waals surface area contributed by atoms with E-state index in [0.29, 0.717) is 38.2 Å². The average Bonchev–Trinajstić information content (AvgIpc) is 3.26. The largest absolute Gasteiger partial charge is 0.337 e. The second-order valence-corrected chi connectivity index (χ2v) is 8.59. The third-order valence-corrected chi connectivity index (χ3v) is 7.31. The van der Waals surface area contributed by atoms with Crippen molar-refractivity contribution in [2.45, 2.75) is 31.2 Å². The monoisotopic (exact) mass is 386 g/mol. The van der Waals surface area contributed by atoms with Crippen LogP contribution in [0.1, 0.15) is 30.3 Å². The van der Waals surface area contributed by atoms with Crippen molar-refractivity contribution in [3.05, 3.63) is 48.3 Å². The number of aryl methyl sites for hydroxylation is 1. The van der Waals surface area contributed by atoms with Crippen molar-refractivity contribution in [1.29, 1.82) is 0 Å². The number of rotatable bonds is 3. The summed E-state index contributed by atoms with van der Waals surface area (Å²) in [6.07, 6.45) is 2.79. The Hall–Kier alpha value is -2.48. The molecule has 2 aliphatic heterocycles. The Labute approximate surface area is 160 Å². The standard InChI is InChI=1S/C19H22N4O3S/c1-2-22-11-8-16(20-22)18(25)21-12-9-19(10-13-21)23(17(24)14-27(19)26)15-6-4-3-5-7-15/h3-8,11H,2,9-10,12-14H2,1H3. The average molecular weight is 386 g/mol. The van der Waals surface area contributed by atoms with Crippen LogP contribution < -0.4 is 4.90 Å². The summed E-state index contributed by atoms with van der Waals surface area (Å²) >= 11 is 0. The summed E-state index contributed by atoms with van der Waals surface area (Å²) in [5, 5.41) is 4.28. The van der Waals surface area contributed by atoms with Crippen molar-refractivity contribution in [2.75, 3.05) is 23.7 Å². The molecule has 3 heterocycles. The number of para-hydroxylation sites is 1. The van der Waals surface area contributed by atoms with Crippen LogP contribution in [0.2, 0.25) is 0 Å². The number of carbonyl (C=O) groups is 2. The molecule has 142 valence electrons. The van der Waals surface area contributed by atoms with E-state index < -0.39 is 15.7 Å². The molecular formula is C19H22N4O3S. The lowest BCUT2D eigenvalue weighted by Crippen LogP contribution is -2.56. The van der Waals surface area contributed by atoms with Gasteiger partial charge in [-0.2, -0.15) is 5.10 Å². The third-order valence-electron chi connectivity index (χ3n) is 5.37. The summed E-state index contributed by atoms with van der Waals surface area (Å²) in [4.78, 5) is 28.0. The molecule has 0 aliphatic carbocycles. The zero-order valence-electron chi connectivity index (χ0n) is 15.2. The van der Waals surface area contributed by atoms with Crippen LogP contribution in [0.25, 0.3) is 0 Å². The highest BCUT2D eigenvalue weighted by molar-refractivity contribution is 7.88. The first kappa shape index (κ1) is 17.9. The van der Waals surface area contributed by atoms with E-state index in [4.69, 9.17) is 0 Å². The van der Waals surface area contributed by atoms with Crippen molar-refractivity contribution in [1.82, 2.24) is 14.7 Å². The van der Waals surface area contributed by atoms with Crippen molar-refractivity contribution in [2.24, 2.45) is 0 Å². The first-order valence-corrected chi connectivity index (χ1v) is 10.5. The van der Waals surface area contributed by atoms with E-state index in [9.17, 15) is 13.8 Å². The maximum Gasteiger partial charge on any atom is 0.274 e. The first-order chi connectivity index (χ1) is 13.0. The fourth-order valence-electron chi connectivity index (χ4n) is 3.92. The van der Waals surface area contributed by atoms with Crippen molar-refractivity contribution in [3.8, 4) is 0 Å². The van der Waals surface area contributed by atoms with Gasteiger partial charge in [0.05, 0.1) is 10.8 Å². The molecule has 1 aromatic carbocycles. The van der Waals surface area contributed by atoms with E-state index in [0.717, 1.165) is 5.69 Å². The van der Waals surface area contributed by atoms with E-state index >= 15 is 0 Å². The maximum absolute atomic E-state index is 12.9. The first-order valence-electron chi connectivity index (χ1n) is 9.14. The molecule has 7 nitrogen and oxygen atoms in total. The molecule has 2 fully saturated rings. The van der Waals surface area contributed by atoms with Crippen LogP contribution in [0, 0.1) is 0 Å². The smallest absolute Gasteiger partial charge is 0.274 e. The van der Waals surface area contributed by atoms with E-state index in [-0.39, 0.29) is 17.6 Å². The Kier molecular flexibility index (Phi) is 4.59. The molecule has 4 rings (SSSR count). The van der Waals surface area contributed by atoms with Gasteiger partial charge < -0.3 is 4.90 Å². The zero-order chi connectivity index (χ0) is 19.0. The Morgan fingerprint density at radius 2 is 1.89 bits per heavy atom. The van der Waals surface area contributed by atoms with Gasteiger partial charge in [-0.25, -0.2) is 0 Å². The number of benzene rings is 1. The highest BCUT2D eigenvalue weighted by atomic mass is 32.2. The summed E-state index contributed by atoms with van der Waals surface area (Å²) in [7, 11) is -1.28. The number of amides is 2. The minimum Gasteiger partial charge on any atom is -0.337 e. The fourth-order valence-corrected chi connectivity index (χ4v) is 5.59. The molecule has 0 radical (unpaired) electrons. The Morgan fingerprint density at radius 1 is 1.19 bits per heavy atom. The van der Waals surface area contributed by atoms with Crippen LogP contribution in [0.3, 0.4) is 0 Å². The number of aromatic nitrogens is 2. The van der Waals surface area contributed by atoms with Gasteiger partial charge >= 0.3 is 0 Å². The molecule has 1 aromatic heterocycles. The lowest BCUT2D eigenvalue weighted by Gasteiger charge is -2.43. The van der Waals surface area contributed by atoms with Crippen molar-refractivity contribution >= 4 is 28.3 Å². The lowest BCUT2D eigenvalue weighted by molar-refractivity contribution is -0.116. The topological polar surface area (TPSA) is 75.5 Å². The van der Waals surface area contributed by atoms with Gasteiger partial charge in [-0.3, -0.25) is 23.4 Å². The summed E-state index contributed by atoms with van der Waals surface area (Å²) in [5.74, 6) is -0.177. The number of anilines is 1. The molecule has 2 saturated heterocycles. The summed E-state index contributed by atoms with van der Waals surface area (Å²) in [6, 6.07) is 11.1. The minimum atomic E-state index is -1.28. The molecule has 0 N–H and O–H groups in total. The van der Waals surface area contributed by atoms with E-state index in [1.54, 1.807) is 26.7 Å². The Balaban J connectivity index is 1.55. The number of piperidine rings is 1. The maximum atomic E-state index is 12.9. The second kappa shape index (κ2) is 6.92. The van der Waals surface area contributed by atoms with Crippen LogP contribution in [0.15, 0.2) is 42.6 Å². The number of hydrogen-bond acceptors (Lipinski definition) is 4. The third kappa shape index (κ3) is 2.97. The quantitative estimate of drug-likeness (QED) is 0.804. The summed E-state index contributed by atoms with van der Waals surface area (Å²) < 4.78 is 14.6. The van der Waals surface area contributed by atoms with Crippen molar-refractivity contribution < 1.29 is 13.8 Å². The van der Waals surface area contributed by atoms with Crippen LogP contribution in [-0.2, 0) is 22.1 Å². The molecule has 0 saturated carbocycles. The normalized spacial score (nSPS) is 21.8. The van der Waals surface area contributed by atoms with Gasteiger partial charge in [0.2, 0.25) is 5.91 Å². The molecule has 1 unspecified atom stereocenters. The van der Waals surface area contributed by atoms with Gasteiger partial charge in [-0.15, -0.1) is 0 Å². The molecule has 2 aliphatic rings. The molecule has 2 amide bonds. The van der Waals surface area contributed by atoms with Crippen LogP contribution in [-0.4, -0.2) is 54.4 Å². The van der Waals surface area contributed by atoms with Gasteiger partial charge in [-0.1, -0.05) is 18.2 Å². The fraction of sp³-hybridized carbons (Fsp3) is 0.421. The summed E-state index contributed by atoms with van der Waals surface area (Å²) in [6.45, 7) is 3.60. The highest BCUT2D eigenvalue weighted by Gasteiger charge is 2.53. The van der Waals surface area contributed by atoms with Crippen LogP contribution >= 0.6 is 0 Å². The molecule has 1 spiro atoms. The highest BCUT2D eigenvalue weighted by Crippen LogP contribution is 2.40. The van der Waals surface area contributed by atoms with Crippen LogP contribution in [0.4, 0.5) is 5.69 Å². The summed E-state index contributed by atoms with van der Waals surface area (Å²) in [5.41, 5.74) is 1.20.